The molecule has 0 aliphatic rings. The van der Waals surface area contributed by atoms with Gasteiger partial charge in [0.15, 0.2) is 5.78 Å². The number of ether oxygens (including phenoxy) is 2. The third kappa shape index (κ3) is 7.82. The number of nitrogens with one attached hydrogen (secondary N) is 1. The molecule has 0 saturated carbocycles. The first-order chi connectivity index (χ1) is 26.9. The quantitative estimate of drug-likeness (QED) is 0.190. The molecular weight excluding hydrogens is 538 g/mol. The predicted molar refractivity (Wildman–Crippen MR) is 162 cm³/mol. The molecule has 0 aliphatic carbocycles. The van der Waals surface area contributed by atoms with Gasteiger partial charge in [-0.3, -0.25) is 14.8 Å². The average Bonchev–Trinajstić information content (AvgIpc) is 3.13. The molecule has 0 amide bonds. The zero-order valence-corrected chi connectivity index (χ0v) is 22.5. The monoisotopic (exact) mass is 587 g/mol. The largest absolute Gasteiger partial charge is 0.494 e. The van der Waals surface area contributed by atoms with Crippen molar-refractivity contribution < 1.29 is 38.9 Å². The van der Waals surface area contributed by atoms with Crippen LogP contribution < -0.4 is 14.8 Å². The Morgan fingerprint density at radius 3 is 2.90 bits per heavy atom. The van der Waals surface area contributed by atoms with Crippen LogP contribution in [0.15, 0.2) is 66.7 Å². The fourth-order valence-electron chi connectivity index (χ4n) is 3.25. The number of nitriles is 1. The summed E-state index contributed by atoms with van der Waals surface area (Å²) in [6.07, 6.45) is -0.410. The number of likely N-dealkylation sites (N-methyl/N-ethyl adjacent to an activating group) is 1. The molecular formula is C32H32ClN5O3. The number of aromatic nitrogens is 2. The van der Waals surface area contributed by atoms with Gasteiger partial charge in [-0.05, 0) is 70.2 Å². The van der Waals surface area contributed by atoms with Crippen molar-refractivity contribution in [1.82, 2.24) is 14.9 Å². The number of benzene rings is 2. The lowest BCUT2D eigenvalue weighted by atomic mass is 10.0. The number of aryl methyl sites for hydroxylation is 1. The molecule has 210 valence electrons. The zero-order chi connectivity index (χ0) is 45.1. The molecule has 41 heavy (non-hydrogen) atoms. The van der Waals surface area contributed by atoms with E-state index in [0.29, 0.717) is 17.1 Å². The Hall–Kier alpha value is -4.45. The molecule has 0 spiro atoms. The highest BCUT2D eigenvalue weighted by molar-refractivity contribution is 6.32. The number of rotatable bonds is 12. The van der Waals surface area contributed by atoms with Crippen LogP contribution in [0.3, 0.4) is 0 Å². The molecule has 0 radical (unpaired) electrons. The van der Waals surface area contributed by atoms with Gasteiger partial charge in [0.05, 0.1) is 51.9 Å². The maximum absolute atomic E-state index is 13.3. The lowest BCUT2D eigenvalue weighted by molar-refractivity contribution is -0.114. The molecule has 4 rings (SSSR count). The second kappa shape index (κ2) is 13.8. The molecule has 0 saturated heterocycles. The van der Waals surface area contributed by atoms with Gasteiger partial charge < -0.3 is 19.7 Å². The van der Waals surface area contributed by atoms with Gasteiger partial charge >= 0.3 is 0 Å². The minimum atomic E-state index is -3.11. The number of ketones is 1. The van der Waals surface area contributed by atoms with Crippen LogP contribution in [0.25, 0.3) is 10.9 Å². The minimum Gasteiger partial charge on any atom is -0.494 e. The number of carbonyl (C=O) groups excluding carboxylic acids is 1. The molecule has 2 aromatic carbocycles. The second-order valence-corrected chi connectivity index (χ2v) is 8.36. The van der Waals surface area contributed by atoms with E-state index in [1.54, 1.807) is 6.07 Å². The molecule has 0 fully saturated rings. The fourth-order valence-corrected chi connectivity index (χ4v) is 3.43. The van der Waals surface area contributed by atoms with Crippen LogP contribution >= 0.6 is 11.6 Å². The Labute approximate surface area is 270 Å². The molecule has 2 heterocycles. The normalized spacial score (nSPS) is 18.8. The Morgan fingerprint density at radius 1 is 1.27 bits per heavy atom. The Bertz CT molecular complexity index is 2440. The van der Waals surface area contributed by atoms with Gasteiger partial charge in [0.25, 0.3) is 0 Å². The van der Waals surface area contributed by atoms with Gasteiger partial charge in [-0.1, -0.05) is 23.7 Å². The van der Waals surface area contributed by atoms with E-state index in [9.17, 15) is 10.1 Å². The van der Waals surface area contributed by atoms with Crippen LogP contribution in [-0.2, 0) is 17.8 Å². The van der Waals surface area contributed by atoms with Crippen LogP contribution in [0.2, 0.25) is 5.02 Å². The number of pyridine rings is 2. The zero-order valence-electron chi connectivity index (χ0n) is 39.8. The van der Waals surface area contributed by atoms with Crippen molar-refractivity contribution in [2.45, 2.75) is 26.8 Å². The van der Waals surface area contributed by atoms with Gasteiger partial charge in [-0.2, -0.15) is 5.26 Å². The number of allylic oxidation sites excluding steroid dienone is 1. The minimum absolute atomic E-state index is 0.124. The predicted octanol–water partition coefficient (Wildman–Crippen LogP) is 6.41. The van der Waals surface area contributed by atoms with Gasteiger partial charge in [0.1, 0.15) is 24.1 Å². The highest BCUT2D eigenvalue weighted by atomic mass is 35.5. The first-order valence-corrected chi connectivity index (χ1v) is 12.0. The average molecular weight is 588 g/mol. The highest BCUT2D eigenvalue weighted by Crippen LogP contribution is 2.36. The molecule has 4 aromatic rings. The SMILES string of the molecule is [2H]c1nc2c([2H])c(OC([2H])([2H])C)c(CC(=O)/C=C/C([2H])([2H])N(C)C([2H])([2H])[2H])c([2H])c2c(Nc2c([2H])c([2H])c(OC([2H])([2H])c3nc(C)c([2H])c([2H])c3[2H])c(Cl)c2[2H])c1C#N. The summed E-state index contributed by atoms with van der Waals surface area (Å²) in [5.74, 6) is -2.57. The van der Waals surface area contributed by atoms with Gasteiger partial charge in [-0.25, -0.2) is 0 Å². The molecule has 0 aliphatic heterocycles. The van der Waals surface area contributed by atoms with E-state index in [-0.39, 0.29) is 5.69 Å². The summed E-state index contributed by atoms with van der Waals surface area (Å²) in [6.45, 7) is -9.02. The molecule has 0 atom stereocenters. The van der Waals surface area contributed by atoms with Crippen molar-refractivity contribution in [2.24, 2.45) is 0 Å². The van der Waals surface area contributed by atoms with Crippen LogP contribution in [0.5, 0.6) is 11.5 Å². The van der Waals surface area contributed by atoms with Gasteiger partial charge in [0.2, 0.25) is 0 Å². The van der Waals surface area contributed by atoms with Crippen LogP contribution in [0.4, 0.5) is 11.4 Å². The summed E-state index contributed by atoms with van der Waals surface area (Å²) in [5.41, 5.74) is -3.84. The van der Waals surface area contributed by atoms with Crippen LogP contribution in [0, 0.1) is 18.3 Å². The summed E-state index contributed by atoms with van der Waals surface area (Å²) in [5, 5.41) is 11.4. The fraction of sp³-hybridized carbons (Fsp3) is 0.250. The van der Waals surface area contributed by atoms with E-state index >= 15 is 0 Å². The van der Waals surface area contributed by atoms with E-state index in [1.807, 2.05) is 0 Å². The maximum atomic E-state index is 13.3. The Morgan fingerprint density at radius 2 is 2.12 bits per heavy atom. The van der Waals surface area contributed by atoms with E-state index in [4.69, 9.17) is 45.7 Å². The third-order valence-corrected chi connectivity index (χ3v) is 5.21. The van der Waals surface area contributed by atoms with E-state index in [0.717, 1.165) is 14.0 Å². The first kappa shape index (κ1) is 13.9. The molecule has 0 unspecified atom stereocenters. The third-order valence-electron chi connectivity index (χ3n) is 4.94. The maximum Gasteiger partial charge on any atom is 0.159 e. The Kier molecular flexibility index (Phi) is 4.68. The summed E-state index contributed by atoms with van der Waals surface area (Å²) in [6, 6.07) is -4.51. The number of fused-ring (bicyclic) bond motifs is 1. The molecule has 1 N–H and O–H groups in total. The van der Waals surface area contributed by atoms with Crippen molar-refractivity contribution in [3.63, 3.8) is 0 Å². The van der Waals surface area contributed by atoms with E-state index in [2.05, 4.69) is 15.3 Å². The number of halogens is 1. The standard InChI is InChI=1S/C32H32ClN5O3/c1-5-40-31-17-29-27(15-22(31)14-26(39)10-7-13-38(3)4)32(23(18-34)19-35-29)37-24-11-12-30(28(33)16-24)41-20-25-9-6-8-21(2)36-25/h6-12,15-17,19H,5,13-14,20H2,1-4H3,(H,35,37)/b10-7+/i3D3,5D2,6D,8D,9D,11D,12D,13D2,15D,16D,17D,19D,20D2. The molecule has 9 heteroatoms. The lowest BCUT2D eigenvalue weighted by Gasteiger charge is -2.16. The smallest absolute Gasteiger partial charge is 0.159 e. The highest BCUT2D eigenvalue weighted by Gasteiger charge is 2.16. The van der Waals surface area contributed by atoms with Crippen LogP contribution in [-0.4, -0.2) is 47.7 Å². The van der Waals surface area contributed by atoms with Crippen LogP contribution in [0.1, 0.15) is 54.1 Å². The second-order valence-electron chi connectivity index (χ2n) is 7.98. The van der Waals surface area contributed by atoms with Crippen molar-refractivity contribution in [3.8, 4) is 17.6 Å². The van der Waals surface area contributed by atoms with Crippen molar-refractivity contribution in [1.29, 1.82) is 5.26 Å². The number of nitrogens with zero attached hydrogens (tertiary/aromatic N) is 4. The number of hydrogen-bond donors (Lipinski definition) is 1. The number of hydrogen-bond acceptors (Lipinski definition) is 8. The molecule has 8 nitrogen and oxygen atoms in total. The summed E-state index contributed by atoms with van der Waals surface area (Å²) >= 11 is 6.42. The van der Waals surface area contributed by atoms with Gasteiger partial charge in [0, 0.05) is 54.3 Å². The van der Waals surface area contributed by atoms with Gasteiger partial charge in [-0.15, -0.1) is 0 Å². The lowest BCUT2D eigenvalue weighted by Crippen LogP contribution is -2.11. The van der Waals surface area contributed by atoms with Crippen molar-refractivity contribution >= 4 is 39.7 Å². The summed E-state index contributed by atoms with van der Waals surface area (Å²) in [4.78, 5) is 21.4. The molecule has 0 bridgehead atoms. The Balaban J connectivity index is 1.95. The van der Waals surface area contributed by atoms with E-state index < -0.39 is 149 Å². The summed E-state index contributed by atoms with van der Waals surface area (Å²) in [7, 11) is 0.948. The van der Waals surface area contributed by atoms with Crippen molar-refractivity contribution in [3.05, 3.63) is 94.2 Å². The number of anilines is 2. The number of carbonyl (C=O) groups is 1. The topological polar surface area (TPSA) is 100 Å². The first-order valence-electron chi connectivity index (χ1n) is 20.6. The summed E-state index contributed by atoms with van der Waals surface area (Å²) < 4.78 is 159. The van der Waals surface area contributed by atoms with Crippen molar-refractivity contribution in [2.75, 3.05) is 32.4 Å². The van der Waals surface area contributed by atoms with E-state index in [1.165, 1.54) is 6.92 Å². The molecule has 2 aromatic heterocycles.